The lowest BCUT2D eigenvalue weighted by molar-refractivity contribution is 0.151. The Bertz CT molecular complexity index is 401. The van der Waals surface area contributed by atoms with Crippen molar-refractivity contribution in [2.75, 3.05) is 43.4 Å². The van der Waals surface area contributed by atoms with Crippen LogP contribution in [0.15, 0.2) is 18.2 Å². The molecule has 1 aliphatic heterocycles. The highest BCUT2D eigenvalue weighted by Gasteiger charge is 2.21. The van der Waals surface area contributed by atoms with Gasteiger partial charge in [0.1, 0.15) is 0 Å². The smallest absolute Gasteiger partial charge is 0.265 e. The molecule has 1 aliphatic rings. The van der Waals surface area contributed by atoms with Crippen LogP contribution in [0.4, 0.5) is 20.2 Å². The average molecular weight is 255 g/mol. The first-order chi connectivity index (χ1) is 8.61. The minimum absolute atomic E-state index is 0.0416. The number of halogens is 2. The summed E-state index contributed by atoms with van der Waals surface area (Å²) in [6.07, 6.45) is -2.48. The predicted molar refractivity (Wildman–Crippen MR) is 70.1 cm³/mol. The van der Waals surface area contributed by atoms with E-state index < -0.39 is 6.43 Å². The molecule has 0 aromatic heterocycles. The zero-order chi connectivity index (χ0) is 13.1. The molecule has 2 N–H and O–H groups in total. The van der Waals surface area contributed by atoms with E-state index in [9.17, 15) is 8.78 Å². The highest BCUT2D eigenvalue weighted by Crippen LogP contribution is 2.32. The molecule has 0 radical (unpaired) electrons. The fourth-order valence-electron chi connectivity index (χ4n) is 2.34. The summed E-state index contributed by atoms with van der Waals surface area (Å²) in [5.41, 5.74) is 6.63. The molecule has 0 aliphatic carbocycles. The number of alkyl halides is 2. The lowest BCUT2D eigenvalue weighted by Crippen LogP contribution is -2.46. The number of benzene rings is 1. The van der Waals surface area contributed by atoms with E-state index in [0.717, 1.165) is 32.7 Å². The van der Waals surface area contributed by atoms with E-state index in [0.29, 0.717) is 11.4 Å². The molecule has 0 amide bonds. The molecule has 1 heterocycles. The summed E-state index contributed by atoms with van der Waals surface area (Å²) < 4.78 is 26.0. The maximum atomic E-state index is 13.0. The van der Waals surface area contributed by atoms with Gasteiger partial charge in [-0.15, -0.1) is 0 Å². The van der Waals surface area contributed by atoms with Gasteiger partial charge in [0.25, 0.3) is 6.43 Å². The zero-order valence-corrected chi connectivity index (χ0v) is 10.6. The molecule has 0 atom stereocenters. The lowest BCUT2D eigenvalue weighted by atomic mass is 10.1. The monoisotopic (exact) mass is 255 g/mol. The number of rotatable bonds is 3. The number of nitrogens with two attached hydrogens (primary N) is 1. The summed E-state index contributed by atoms with van der Waals surface area (Å²) >= 11 is 0. The van der Waals surface area contributed by atoms with Crippen LogP contribution >= 0.6 is 0 Å². The van der Waals surface area contributed by atoms with Crippen LogP contribution < -0.4 is 10.6 Å². The van der Waals surface area contributed by atoms with Gasteiger partial charge in [0.15, 0.2) is 0 Å². The molecule has 5 heteroatoms. The SMILES string of the molecule is CCN1CCN(c2ccc(N)cc2C(F)F)CC1. The maximum Gasteiger partial charge on any atom is 0.265 e. The number of nitrogens with zero attached hydrogens (tertiary/aromatic N) is 2. The first kappa shape index (κ1) is 13.1. The molecule has 18 heavy (non-hydrogen) atoms. The quantitative estimate of drug-likeness (QED) is 0.841. The molecule has 0 spiro atoms. The molecule has 100 valence electrons. The van der Waals surface area contributed by atoms with Crippen molar-refractivity contribution in [3.8, 4) is 0 Å². The fourth-order valence-corrected chi connectivity index (χ4v) is 2.34. The Morgan fingerprint density at radius 1 is 1.22 bits per heavy atom. The summed E-state index contributed by atoms with van der Waals surface area (Å²) in [6, 6.07) is 4.78. The second-order valence-corrected chi connectivity index (χ2v) is 4.54. The molecule has 1 aromatic rings. The minimum atomic E-state index is -2.48. The maximum absolute atomic E-state index is 13.0. The number of likely N-dealkylation sites (N-methyl/N-ethyl adjacent to an activating group) is 1. The van der Waals surface area contributed by atoms with E-state index >= 15 is 0 Å². The van der Waals surface area contributed by atoms with Crippen molar-refractivity contribution >= 4 is 11.4 Å². The molecular weight excluding hydrogens is 236 g/mol. The van der Waals surface area contributed by atoms with Gasteiger partial charge >= 0.3 is 0 Å². The van der Waals surface area contributed by atoms with Crippen molar-refractivity contribution < 1.29 is 8.78 Å². The number of anilines is 2. The summed E-state index contributed by atoms with van der Waals surface area (Å²) in [5, 5.41) is 0. The molecule has 0 saturated carbocycles. The predicted octanol–water partition coefficient (Wildman–Crippen LogP) is 2.35. The summed E-state index contributed by atoms with van der Waals surface area (Å²) in [7, 11) is 0. The van der Waals surface area contributed by atoms with Gasteiger partial charge in [0.2, 0.25) is 0 Å². The van der Waals surface area contributed by atoms with Gasteiger partial charge in [-0.05, 0) is 24.7 Å². The number of hydrogen-bond acceptors (Lipinski definition) is 3. The van der Waals surface area contributed by atoms with Crippen molar-refractivity contribution in [3.05, 3.63) is 23.8 Å². The van der Waals surface area contributed by atoms with E-state index in [1.54, 1.807) is 12.1 Å². The van der Waals surface area contributed by atoms with Crippen LogP contribution in [0.3, 0.4) is 0 Å². The second kappa shape index (κ2) is 5.52. The zero-order valence-electron chi connectivity index (χ0n) is 10.6. The van der Waals surface area contributed by atoms with Crippen LogP contribution in [0.25, 0.3) is 0 Å². The van der Waals surface area contributed by atoms with Crippen molar-refractivity contribution in [3.63, 3.8) is 0 Å². The second-order valence-electron chi connectivity index (χ2n) is 4.54. The summed E-state index contributed by atoms with van der Waals surface area (Å²) in [5.74, 6) is 0. The molecule has 3 nitrogen and oxygen atoms in total. The summed E-state index contributed by atoms with van der Waals surface area (Å²) in [6.45, 7) is 6.54. The van der Waals surface area contributed by atoms with E-state index in [4.69, 9.17) is 5.73 Å². The van der Waals surface area contributed by atoms with Crippen molar-refractivity contribution in [1.82, 2.24) is 4.90 Å². The standard InChI is InChI=1S/C13H19F2N3/c1-2-17-5-7-18(8-6-17)12-4-3-10(16)9-11(12)13(14)15/h3-4,9,13H,2,5-8,16H2,1H3. The van der Waals surface area contributed by atoms with Gasteiger partial charge in [-0.25, -0.2) is 8.78 Å². The van der Waals surface area contributed by atoms with Crippen molar-refractivity contribution in [2.45, 2.75) is 13.3 Å². The van der Waals surface area contributed by atoms with Crippen LogP contribution in [0.2, 0.25) is 0 Å². The van der Waals surface area contributed by atoms with Crippen LogP contribution in [0.1, 0.15) is 18.9 Å². The third-order valence-corrected chi connectivity index (χ3v) is 3.45. The Morgan fingerprint density at radius 2 is 1.89 bits per heavy atom. The third kappa shape index (κ3) is 2.72. The van der Waals surface area contributed by atoms with Gasteiger partial charge in [-0.2, -0.15) is 0 Å². The first-order valence-corrected chi connectivity index (χ1v) is 6.26. The van der Waals surface area contributed by atoms with Crippen molar-refractivity contribution in [1.29, 1.82) is 0 Å². The highest BCUT2D eigenvalue weighted by molar-refractivity contribution is 5.60. The first-order valence-electron chi connectivity index (χ1n) is 6.26. The molecule has 0 bridgehead atoms. The Kier molecular flexibility index (Phi) is 4.01. The normalized spacial score (nSPS) is 17.4. The number of nitrogen functional groups attached to an aromatic ring is 1. The van der Waals surface area contributed by atoms with Crippen LogP contribution in [0.5, 0.6) is 0 Å². The lowest BCUT2D eigenvalue weighted by Gasteiger charge is -2.36. The molecule has 0 unspecified atom stereocenters. The van der Waals surface area contributed by atoms with Gasteiger partial charge in [0.05, 0.1) is 0 Å². The summed E-state index contributed by atoms with van der Waals surface area (Å²) in [4.78, 5) is 4.34. The van der Waals surface area contributed by atoms with Crippen molar-refractivity contribution in [2.24, 2.45) is 0 Å². The average Bonchev–Trinajstić information content (AvgIpc) is 2.39. The van der Waals surface area contributed by atoms with Gasteiger partial charge in [-0.3, -0.25) is 0 Å². The van der Waals surface area contributed by atoms with Gasteiger partial charge < -0.3 is 15.5 Å². The van der Waals surface area contributed by atoms with Crippen LogP contribution in [-0.4, -0.2) is 37.6 Å². The Labute approximate surface area is 106 Å². The van der Waals surface area contributed by atoms with E-state index in [-0.39, 0.29) is 5.56 Å². The molecule has 1 aromatic carbocycles. The van der Waals surface area contributed by atoms with Gasteiger partial charge in [0, 0.05) is 43.1 Å². The topological polar surface area (TPSA) is 32.5 Å². The Hall–Kier alpha value is -1.36. The number of hydrogen-bond donors (Lipinski definition) is 1. The van der Waals surface area contributed by atoms with Gasteiger partial charge in [-0.1, -0.05) is 6.92 Å². The largest absolute Gasteiger partial charge is 0.399 e. The molecule has 2 rings (SSSR count). The highest BCUT2D eigenvalue weighted by atomic mass is 19.3. The van der Waals surface area contributed by atoms with E-state index in [2.05, 4.69) is 11.8 Å². The third-order valence-electron chi connectivity index (χ3n) is 3.45. The molecular formula is C13H19F2N3. The van der Waals surface area contributed by atoms with Crippen LogP contribution in [-0.2, 0) is 0 Å². The number of piperazine rings is 1. The molecule has 1 saturated heterocycles. The Balaban J connectivity index is 2.18. The molecule has 1 fully saturated rings. The Morgan fingerprint density at radius 3 is 2.44 bits per heavy atom. The minimum Gasteiger partial charge on any atom is -0.399 e. The van der Waals surface area contributed by atoms with E-state index in [1.807, 2.05) is 4.90 Å². The van der Waals surface area contributed by atoms with Crippen LogP contribution in [0, 0.1) is 0 Å². The fraction of sp³-hybridized carbons (Fsp3) is 0.538. The van der Waals surface area contributed by atoms with E-state index in [1.165, 1.54) is 6.07 Å².